The second kappa shape index (κ2) is 3.91. The van der Waals surface area contributed by atoms with Crippen molar-refractivity contribution in [3.63, 3.8) is 0 Å². The van der Waals surface area contributed by atoms with Crippen LogP contribution < -0.4 is 4.90 Å². The number of hydrogen-bond donors (Lipinski definition) is 0. The Kier molecular flexibility index (Phi) is 2.40. The molecule has 0 aromatic heterocycles. The van der Waals surface area contributed by atoms with Crippen molar-refractivity contribution in [3.05, 3.63) is 29.8 Å². The summed E-state index contributed by atoms with van der Waals surface area (Å²) in [6.45, 7) is 1.68. The van der Waals surface area contributed by atoms with E-state index < -0.39 is 0 Å². The van der Waals surface area contributed by atoms with Gasteiger partial charge in [-0.05, 0) is 37.1 Å². The Morgan fingerprint density at radius 2 is 1.75 bits per heavy atom. The number of aldehydes is 1. The summed E-state index contributed by atoms with van der Waals surface area (Å²) in [7, 11) is 0. The van der Waals surface area contributed by atoms with Crippen LogP contribution >= 0.6 is 0 Å². The first kappa shape index (κ1) is 9.85. The molecule has 0 aliphatic carbocycles. The first-order valence-corrected chi connectivity index (χ1v) is 5.80. The number of carbonyl (C=O) groups excluding carboxylic acids is 1. The van der Waals surface area contributed by atoms with E-state index in [1.54, 1.807) is 0 Å². The Labute approximate surface area is 95.0 Å². The third kappa shape index (κ3) is 1.52. The van der Waals surface area contributed by atoms with Crippen molar-refractivity contribution in [3.8, 4) is 0 Å². The van der Waals surface area contributed by atoms with Crippen LogP contribution in [-0.2, 0) is 4.74 Å². The largest absolute Gasteiger partial charge is 0.377 e. The number of fused-ring (bicyclic) bond motifs is 2. The Morgan fingerprint density at radius 1 is 1.12 bits per heavy atom. The molecule has 16 heavy (non-hydrogen) atoms. The summed E-state index contributed by atoms with van der Waals surface area (Å²) in [6.07, 6.45) is 3.33. The molecule has 3 heteroatoms. The third-order valence-electron chi connectivity index (χ3n) is 3.57. The highest BCUT2D eigenvalue weighted by atomic mass is 16.5. The number of anilines is 1. The minimum Gasteiger partial charge on any atom is -0.377 e. The zero-order valence-electron chi connectivity index (χ0n) is 9.13. The molecule has 1 aromatic carbocycles. The van der Waals surface area contributed by atoms with Gasteiger partial charge in [0.25, 0.3) is 0 Å². The van der Waals surface area contributed by atoms with Crippen molar-refractivity contribution >= 4 is 12.0 Å². The molecule has 2 aliphatic rings. The molecular weight excluding hydrogens is 202 g/mol. The number of morpholine rings is 1. The van der Waals surface area contributed by atoms with E-state index in [2.05, 4.69) is 4.90 Å². The van der Waals surface area contributed by atoms with Crippen molar-refractivity contribution in [1.82, 2.24) is 0 Å². The smallest absolute Gasteiger partial charge is 0.150 e. The minimum atomic E-state index is 0.529. The highest BCUT2D eigenvalue weighted by Gasteiger charge is 2.37. The SMILES string of the molecule is O=Cc1ccc(N2C3CCC2COC3)cc1. The maximum absolute atomic E-state index is 10.6. The average Bonchev–Trinajstić information content (AvgIpc) is 2.59. The molecule has 0 N–H and O–H groups in total. The van der Waals surface area contributed by atoms with Gasteiger partial charge in [-0.1, -0.05) is 0 Å². The second-order valence-electron chi connectivity index (χ2n) is 4.54. The molecule has 2 aliphatic heterocycles. The number of hydrogen-bond acceptors (Lipinski definition) is 3. The number of benzene rings is 1. The predicted molar refractivity (Wildman–Crippen MR) is 61.9 cm³/mol. The van der Waals surface area contributed by atoms with Crippen molar-refractivity contribution in [2.45, 2.75) is 24.9 Å². The third-order valence-corrected chi connectivity index (χ3v) is 3.57. The van der Waals surface area contributed by atoms with Crippen LogP contribution in [0.25, 0.3) is 0 Å². The Hall–Kier alpha value is -1.35. The molecular formula is C13H15NO2. The van der Waals surface area contributed by atoms with Gasteiger partial charge in [0.2, 0.25) is 0 Å². The van der Waals surface area contributed by atoms with E-state index in [0.29, 0.717) is 12.1 Å². The van der Waals surface area contributed by atoms with Crippen molar-refractivity contribution in [2.75, 3.05) is 18.1 Å². The van der Waals surface area contributed by atoms with Gasteiger partial charge in [-0.25, -0.2) is 0 Å². The van der Waals surface area contributed by atoms with E-state index in [-0.39, 0.29) is 0 Å². The maximum Gasteiger partial charge on any atom is 0.150 e. The maximum atomic E-state index is 10.6. The summed E-state index contributed by atoms with van der Waals surface area (Å²) in [5, 5.41) is 0. The molecule has 84 valence electrons. The normalized spacial score (nSPS) is 28.1. The van der Waals surface area contributed by atoms with Gasteiger partial charge >= 0.3 is 0 Å². The Bertz CT molecular complexity index is 371. The van der Waals surface area contributed by atoms with Gasteiger partial charge in [0.15, 0.2) is 0 Å². The van der Waals surface area contributed by atoms with E-state index in [0.717, 1.165) is 25.1 Å². The fraction of sp³-hybridized carbons (Fsp3) is 0.462. The lowest BCUT2D eigenvalue weighted by Crippen LogP contribution is -2.45. The molecule has 2 unspecified atom stereocenters. The molecule has 3 rings (SSSR count). The van der Waals surface area contributed by atoms with Crippen molar-refractivity contribution < 1.29 is 9.53 Å². The quantitative estimate of drug-likeness (QED) is 0.708. The number of nitrogens with zero attached hydrogens (tertiary/aromatic N) is 1. The van der Waals surface area contributed by atoms with Crippen LogP contribution in [0.2, 0.25) is 0 Å². The number of rotatable bonds is 2. The molecule has 2 fully saturated rings. The van der Waals surface area contributed by atoms with E-state index in [9.17, 15) is 4.79 Å². The van der Waals surface area contributed by atoms with Gasteiger partial charge < -0.3 is 9.64 Å². The molecule has 0 spiro atoms. The highest BCUT2D eigenvalue weighted by molar-refractivity contribution is 5.75. The van der Waals surface area contributed by atoms with E-state index in [4.69, 9.17) is 4.74 Å². The first-order chi connectivity index (χ1) is 7.88. The fourth-order valence-electron chi connectivity index (χ4n) is 2.78. The summed E-state index contributed by atoms with van der Waals surface area (Å²) in [6, 6.07) is 8.91. The molecule has 0 saturated carbocycles. The Balaban J connectivity index is 1.88. The summed E-state index contributed by atoms with van der Waals surface area (Å²) in [5.41, 5.74) is 1.96. The standard InChI is InChI=1S/C13H15NO2/c15-7-10-1-3-11(4-2-10)14-12-5-6-13(14)9-16-8-12/h1-4,7,12-13H,5-6,8-9H2. The van der Waals surface area contributed by atoms with Gasteiger partial charge in [-0.15, -0.1) is 0 Å². The highest BCUT2D eigenvalue weighted by Crippen LogP contribution is 2.33. The van der Waals surface area contributed by atoms with E-state index >= 15 is 0 Å². The first-order valence-electron chi connectivity index (χ1n) is 5.80. The lowest BCUT2D eigenvalue weighted by molar-refractivity contribution is 0.0906. The van der Waals surface area contributed by atoms with Crippen LogP contribution in [0.15, 0.2) is 24.3 Å². The molecule has 0 radical (unpaired) electrons. The van der Waals surface area contributed by atoms with Gasteiger partial charge in [0.1, 0.15) is 6.29 Å². The molecule has 1 aromatic rings. The predicted octanol–water partition coefficient (Wildman–Crippen LogP) is 1.87. The van der Waals surface area contributed by atoms with Crippen LogP contribution in [0.3, 0.4) is 0 Å². The van der Waals surface area contributed by atoms with Crippen molar-refractivity contribution in [2.24, 2.45) is 0 Å². The summed E-state index contributed by atoms with van der Waals surface area (Å²) in [4.78, 5) is 13.1. The van der Waals surface area contributed by atoms with Crippen LogP contribution in [0, 0.1) is 0 Å². The van der Waals surface area contributed by atoms with E-state index in [1.165, 1.54) is 18.5 Å². The van der Waals surface area contributed by atoms with Crippen LogP contribution in [0.5, 0.6) is 0 Å². The molecule has 0 amide bonds. The molecule has 2 atom stereocenters. The van der Waals surface area contributed by atoms with Gasteiger partial charge in [0, 0.05) is 11.3 Å². The second-order valence-corrected chi connectivity index (χ2v) is 4.54. The van der Waals surface area contributed by atoms with E-state index in [1.807, 2.05) is 24.3 Å². The summed E-state index contributed by atoms with van der Waals surface area (Å²) < 4.78 is 5.56. The van der Waals surface area contributed by atoms with Crippen LogP contribution in [0.1, 0.15) is 23.2 Å². The van der Waals surface area contributed by atoms with Crippen LogP contribution in [-0.4, -0.2) is 31.6 Å². The summed E-state index contributed by atoms with van der Waals surface area (Å²) in [5.74, 6) is 0. The lowest BCUT2D eigenvalue weighted by Gasteiger charge is -2.36. The number of carbonyl (C=O) groups is 1. The molecule has 2 heterocycles. The topological polar surface area (TPSA) is 29.5 Å². The molecule has 2 saturated heterocycles. The zero-order chi connectivity index (χ0) is 11.0. The monoisotopic (exact) mass is 217 g/mol. The lowest BCUT2D eigenvalue weighted by atomic mass is 10.1. The van der Waals surface area contributed by atoms with Gasteiger partial charge in [0.05, 0.1) is 25.3 Å². The zero-order valence-corrected chi connectivity index (χ0v) is 9.13. The fourth-order valence-corrected chi connectivity index (χ4v) is 2.78. The number of ether oxygens (including phenoxy) is 1. The van der Waals surface area contributed by atoms with Gasteiger partial charge in [-0.2, -0.15) is 0 Å². The van der Waals surface area contributed by atoms with Crippen molar-refractivity contribution in [1.29, 1.82) is 0 Å². The minimum absolute atomic E-state index is 0.529. The molecule has 2 bridgehead atoms. The Morgan fingerprint density at radius 3 is 2.31 bits per heavy atom. The molecule has 3 nitrogen and oxygen atoms in total. The average molecular weight is 217 g/mol. The van der Waals surface area contributed by atoms with Crippen LogP contribution in [0.4, 0.5) is 5.69 Å². The summed E-state index contributed by atoms with van der Waals surface area (Å²) >= 11 is 0. The van der Waals surface area contributed by atoms with Gasteiger partial charge in [-0.3, -0.25) is 4.79 Å².